The van der Waals surface area contributed by atoms with Crippen LogP contribution in [0.3, 0.4) is 0 Å². The maximum Gasteiger partial charge on any atom is 0.199 e. The monoisotopic (exact) mass is 264 g/mol. The second-order valence-electron chi connectivity index (χ2n) is 4.32. The van der Waals surface area contributed by atoms with Gasteiger partial charge < -0.3 is 0 Å². The highest BCUT2D eigenvalue weighted by molar-refractivity contribution is 6.09. The lowest BCUT2D eigenvalue weighted by atomic mass is 9.99. The molecule has 0 N–H and O–H groups in total. The number of carbonyl (C=O) groups is 1. The molecule has 0 saturated heterocycles. The first-order valence-electron chi connectivity index (χ1n) is 5.68. The average Bonchev–Trinajstić information content (AvgIpc) is 2.39. The lowest BCUT2D eigenvalue weighted by Gasteiger charge is -2.07. The number of ketones is 1. The molecule has 19 heavy (non-hydrogen) atoms. The molecule has 0 aromatic heterocycles. The third kappa shape index (κ3) is 2.26. The van der Waals surface area contributed by atoms with Gasteiger partial charge in [0, 0.05) is 0 Å². The largest absolute Gasteiger partial charge is 0.288 e. The summed E-state index contributed by atoms with van der Waals surface area (Å²) >= 11 is 0. The fraction of sp³-hybridized carbons (Fsp3) is 0.133. The number of hydrogen-bond acceptors (Lipinski definition) is 1. The maximum atomic E-state index is 13.8. The van der Waals surface area contributed by atoms with Crippen LogP contribution in [0.15, 0.2) is 30.3 Å². The molecule has 0 heterocycles. The Morgan fingerprint density at radius 2 is 1.37 bits per heavy atom. The van der Waals surface area contributed by atoms with Crippen molar-refractivity contribution >= 4 is 5.78 Å². The molecule has 1 nitrogen and oxygen atoms in total. The van der Waals surface area contributed by atoms with E-state index in [4.69, 9.17) is 0 Å². The van der Waals surface area contributed by atoms with Crippen LogP contribution in [-0.4, -0.2) is 5.78 Å². The standard InChI is InChI=1S/C15H11F3O/c1-8-4-3-5-10(12(8)16)15(19)11-7-6-9(2)13(17)14(11)18/h3-7H,1-2H3. The minimum atomic E-state index is -1.24. The van der Waals surface area contributed by atoms with Gasteiger partial charge in [-0.05, 0) is 37.1 Å². The molecule has 0 aliphatic rings. The van der Waals surface area contributed by atoms with Crippen LogP contribution in [0, 0.1) is 31.3 Å². The van der Waals surface area contributed by atoms with Crippen molar-refractivity contribution in [3.8, 4) is 0 Å². The van der Waals surface area contributed by atoms with Crippen LogP contribution < -0.4 is 0 Å². The molecule has 0 aliphatic heterocycles. The molecule has 2 aromatic carbocycles. The highest BCUT2D eigenvalue weighted by atomic mass is 19.2. The van der Waals surface area contributed by atoms with Crippen LogP contribution in [-0.2, 0) is 0 Å². The molecule has 0 fully saturated rings. The summed E-state index contributed by atoms with van der Waals surface area (Å²) < 4.78 is 41.0. The third-order valence-corrected chi connectivity index (χ3v) is 2.96. The van der Waals surface area contributed by atoms with Crippen molar-refractivity contribution in [1.82, 2.24) is 0 Å². The Morgan fingerprint density at radius 3 is 2.05 bits per heavy atom. The molecule has 0 atom stereocenters. The van der Waals surface area contributed by atoms with E-state index in [9.17, 15) is 18.0 Å². The molecular formula is C15H11F3O. The predicted octanol–water partition coefficient (Wildman–Crippen LogP) is 3.95. The number of carbonyl (C=O) groups excluding carboxylic acids is 1. The summed E-state index contributed by atoms with van der Waals surface area (Å²) in [5, 5.41) is 0. The van der Waals surface area contributed by atoms with E-state index in [1.807, 2.05) is 0 Å². The molecule has 0 radical (unpaired) electrons. The van der Waals surface area contributed by atoms with Gasteiger partial charge in [-0.1, -0.05) is 18.2 Å². The van der Waals surface area contributed by atoms with Gasteiger partial charge in [0.15, 0.2) is 17.4 Å². The van der Waals surface area contributed by atoms with Crippen LogP contribution in [0.5, 0.6) is 0 Å². The SMILES string of the molecule is Cc1cccc(C(=O)c2ccc(C)c(F)c2F)c1F. The van der Waals surface area contributed by atoms with E-state index >= 15 is 0 Å². The van der Waals surface area contributed by atoms with Crippen molar-refractivity contribution in [2.45, 2.75) is 13.8 Å². The van der Waals surface area contributed by atoms with Gasteiger partial charge in [0.05, 0.1) is 11.1 Å². The number of rotatable bonds is 2. The predicted molar refractivity (Wildman–Crippen MR) is 65.7 cm³/mol. The van der Waals surface area contributed by atoms with E-state index in [0.717, 1.165) is 6.07 Å². The van der Waals surface area contributed by atoms with Crippen LogP contribution >= 0.6 is 0 Å². The van der Waals surface area contributed by atoms with Crippen molar-refractivity contribution in [3.63, 3.8) is 0 Å². The van der Waals surface area contributed by atoms with Crippen molar-refractivity contribution in [2.75, 3.05) is 0 Å². The molecule has 0 bridgehead atoms. The second-order valence-corrected chi connectivity index (χ2v) is 4.32. The van der Waals surface area contributed by atoms with E-state index in [1.165, 1.54) is 38.1 Å². The molecule has 98 valence electrons. The van der Waals surface area contributed by atoms with Gasteiger partial charge in [0.1, 0.15) is 5.82 Å². The summed E-state index contributed by atoms with van der Waals surface area (Å²) in [5.41, 5.74) is -0.354. The highest BCUT2D eigenvalue weighted by Gasteiger charge is 2.21. The quantitative estimate of drug-likeness (QED) is 0.750. The molecule has 0 amide bonds. The zero-order valence-corrected chi connectivity index (χ0v) is 10.4. The van der Waals surface area contributed by atoms with Crippen LogP contribution in [0.1, 0.15) is 27.0 Å². The average molecular weight is 264 g/mol. The Balaban J connectivity index is 2.57. The number of benzene rings is 2. The first kappa shape index (κ1) is 13.3. The summed E-state index contributed by atoms with van der Waals surface area (Å²) in [5.74, 6) is -3.91. The normalized spacial score (nSPS) is 10.6. The van der Waals surface area contributed by atoms with Crippen molar-refractivity contribution < 1.29 is 18.0 Å². The first-order valence-corrected chi connectivity index (χ1v) is 5.68. The zero-order valence-electron chi connectivity index (χ0n) is 10.4. The van der Waals surface area contributed by atoms with Gasteiger partial charge in [-0.3, -0.25) is 4.79 Å². The molecule has 0 aliphatic carbocycles. The third-order valence-electron chi connectivity index (χ3n) is 2.96. The summed E-state index contributed by atoms with van der Waals surface area (Å²) in [7, 11) is 0. The van der Waals surface area contributed by atoms with Gasteiger partial charge >= 0.3 is 0 Å². The lowest BCUT2D eigenvalue weighted by molar-refractivity contribution is 0.103. The topological polar surface area (TPSA) is 17.1 Å². The van der Waals surface area contributed by atoms with E-state index in [0.29, 0.717) is 0 Å². The minimum Gasteiger partial charge on any atom is -0.288 e. The lowest BCUT2D eigenvalue weighted by Crippen LogP contribution is -2.09. The molecule has 2 aromatic rings. The number of halogens is 3. The van der Waals surface area contributed by atoms with E-state index in [2.05, 4.69) is 0 Å². The summed E-state index contributed by atoms with van der Waals surface area (Å²) in [6, 6.07) is 6.70. The van der Waals surface area contributed by atoms with Crippen LogP contribution in [0.25, 0.3) is 0 Å². The Hall–Kier alpha value is -2.10. The smallest absolute Gasteiger partial charge is 0.199 e. The molecule has 2 rings (SSSR count). The first-order chi connectivity index (χ1) is 8.93. The van der Waals surface area contributed by atoms with Gasteiger partial charge in [0.25, 0.3) is 0 Å². The van der Waals surface area contributed by atoms with Gasteiger partial charge in [-0.15, -0.1) is 0 Å². The Labute approximate surface area is 108 Å². The number of hydrogen-bond donors (Lipinski definition) is 0. The molecule has 0 saturated carbocycles. The Kier molecular flexibility index (Phi) is 3.42. The Morgan fingerprint density at radius 1 is 0.789 bits per heavy atom. The van der Waals surface area contributed by atoms with Crippen molar-refractivity contribution in [2.24, 2.45) is 0 Å². The van der Waals surface area contributed by atoms with Crippen molar-refractivity contribution in [1.29, 1.82) is 0 Å². The molecule has 0 spiro atoms. The van der Waals surface area contributed by atoms with E-state index < -0.39 is 28.8 Å². The zero-order chi connectivity index (χ0) is 14.2. The summed E-state index contributed by atoms with van der Waals surface area (Å²) in [4.78, 5) is 12.1. The molecule has 0 unspecified atom stereocenters. The summed E-state index contributed by atoms with van der Waals surface area (Å²) in [6.07, 6.45) is 0. The van der Waals surface area contributed by atoms with Gasteiger partial charge in [0.2, 0.25) is 0 Å². The number of aryl methyl sites for hydroxylation is 2. The fourth-order valence-electron chi connectivity index (χ4n) is 1.79. The highest BCUT2D eigenvalue weighted by Crippen LogP contribution is 2.21. The van der Waals surface area contributed by atoms with E-state index in [1.54, 1.807) is 0 Å². The van der Waals surface area contributed by atoms with Crippen LogP contribution in [0.2, 0.25) is 0 Å². The second kappa shape index (κ2) is 4.88. The molecule has 4 heteroatoms. The molecular weight excluding hydrogens is 253 g/mol. The van der Waals surface area contributed by atoms with Crippen LogP contribution in [0.4, 0.5) is 13.2 Å². The Bertz CT molecular complexity index is 663. The van der Waals surface area contributed by atoms with Crippen molar-refractivity contribution in [3.05, 3.63) is 70.0 Å². The van der Waals surface area contributed by atoms with E-state index in [-0.39, 0.29) is 16.7 Å². The summed E-state index contributed by atoms with van der Waals surface area (Å²) in [6.45, 7) is 2.89. The van der Waals surface area contributed by atoms with Gasteiger partial charge in [-0.2, -0.15) is 0 Å². The minimum absolute atomic E-state index is 0.0961. The fourth-order valence-corrected chi connectivity index (χ4v) is 1.79. The van der Waals surface area contributed by atoms with Gasteiger partial charge in [-0.25, -0.2) is 13.2 Å². The maximum absolute atomic E-state index is 13.8.